The molecule has 2 fully saturated rings. The zero-order valence-corrected chi connectivity index (χ0v) is 19.2. The van der Waals surface area contributed by atoms with Gasteiger partial charge in [0.25, 0.3) is 5.91 Å². The molecule has 2 aromatic rings. The predicted molar refractivity (Wildman–Crippen MR) is 122 cm³/mol. The maximum absolute atomic E-state index is 12.5. The largest absolute Gasteiger partial charge is 0.484 e. The van der Waals surface area contributed by atoms with Gasteiger partial charge >= 0.3 is 0 Å². The number of rotatable bonds is 4. The van der Waals surface area contributed by atoms with E-state index >= 15 is 0 Å². The molecule has 0 N–H and O–H groups in total. The van der Waals surface area contributed by atoms with Gasteiger partial charge in [-0.3, -0.25) is 4.79 Å². The van der Waals surface area contributed by atoms with Gasteiger partial charge < -0.3 is 9.64 Å². The monoisotopic (exact) mass is 504 g/mol. The quantitative estimate of drug-likeness (QED) is 0.616. The van der Waals surface area contributed by atoms with E-state index < -0.39 is 15.7 Å². The van der Waals surface area contributed by atoms with Crippen LogP contribution in [0.4, 0.5) is 5.69 Å². The van der Waals surface area contributed by atoms with Crippen LogP contribution >= 0.6 is 46.6 Å². The first-order valence-electron chi connectivity index (χ1n) is 8.83. The predicted octanol–water partition coefficient (Wildman–Crippen LogP) is 4.33. The van der Waals surface area contributed by atoms with Crippen molar-refractivity contribution < 1.29 is 17.9 Å². The molecule has 6 nitrogen and oxygen atoms in total. The second kappa shape index (κ2) is 8.59. The fourth-order valence-electron chi connectivity index (χ4n) is 3.33. The van der Waals surface area contributed by atoms with Crippen molar-refractivity contribution in [3.63, 3.8) is 0 Å². The average molecular weight is 506 g/mol. The molecule has 0 unspecified atom stereocenters. The van der Waals surface area contributed by atoms with E-state index in [1.54, 1.807) is 47.4 Å². The smallest absolute Gasteiger partial charge is 0.285 e. The summed E-state index contributed by atoms with van der Waals surface area (Å²) in [5, 5.41) is 1.54. The summed E-state index contributed by atoms with van der Waals surface area (Å²) in [4.78, 5) is 18.3. The molecule has 2 saturated heterocycles. The minimum atomic E-state index is -3.19. The minimum absolute atomic E-state index is 0.0193. The molecule has 0 aromatic heterocycles. The molecule has 0 spiro atoms. The van der Waals surface area contributed by atoms with Crippen molar-refractivity contribution in [2.24, 2.45) is 4.99 Å². The number of hydrogen-bond donors (Lipinski definition) is 0. The Bertz CT molecular complexity index is 1120. The summed E-state index contributed by atoms with van der Waals surface area (Å²) in [5.74, 6) is -0.0313. The van der Waals surface area contributed by atoms with Crippen LogP contribution in [-0.2, 0) is 14.6 Å². The van der Waals surface area contributed by atoms with Gasteiger partial charge in [-0.05, 0) is 42.5 Å². The summed E-state index contributed by atoms with van der Waals surface area (Å²) in [5.41, 5.74) is 0.520. The first kappa shape index (κ1) is 21.8. The van der Waals surface area contributed by atoms with Crippen molar-refractivity contribution in [1.82, 2.24) is 0 Å². The Kier molecular flexibility index (Phi) is 6.23. The lowest BCUT2D eigenvalue weighted by atomic mass is 10.2. The highest BCUT2D eigenvalue weighted by Gasteiger charge is 2.49. The lowest BCUT2D eigenvalue weighted by Gasteiger charge is -2.25. The number of aliphatic imine (C=N–C) groups is 1. The number of benzene rings is 2. The van der Waals surface area contributed by atoms with Gasteiger partial charge in [-0.15, -0.1) is 0 Å². The van der Waals surface area contributed by atoms with Gasteiger partial charge in [-0.1, -0.05) is 46.6 Å². The van der Waals surface area contributed by atoms with Crippen molar-refractivity contribution in [2.75, 3.05) is 23.0 Å². The molecule has 2 heterocycles. The number of anilines is 1. The van der Waals surface area contributed by atoms with Crippen LogP contribution in [0.15, 0.2) is 47.5 Å². The molecule has 158 valence electrons. The summed E-state index contributed by atoms with van der Waals surface area (Å²) in [6, 6.07) is 11.2. The molecule has 0 aliphatic carbocycles. The third-order valence-corrected chi connectivity index (χ3v) is 8.65. The molecule has 2 aromatic carbocycles. The third-order valence-electron chi connectivity index (χ3n) is 4.63. The van der Waals surface area contributed by atoms with Crippen LogP contribution in [0.2, 0.25) is 15.1 Å². The van der Waals surface area contributed by atoms with Crippen LogP contribution in [0.25, 0.3) is 0 Å². The molecule has 0 radical (unpaired) electrons. The van der Waals surface area contributed by atoms with Crippen molar-refractivity contribution in [3.05, 3.63) is 57.5 Å². The van der Waals surface area contributed by atoms with Gasteiger partial charge in [0.1, 0.15) is 5.75 Å². The van der Waals surface area contributed by atoms with E-state index in [1.807, 2.05) is 0 Å². The standard InChI is InChI=1S/C19H15Cl3N2O4S2/c20-11-1-4-13(5-2-11)28-8-18(25)23-19-24(15-7-12(21)3-6-14(15)22)16-9-30(26,27)10-17(16)29-19/h1-7,16-17H,8-10H2/t16-,17+/m0/s1. The normalized spacial score (nSPS) is 23.6. The number of nitrogens with zero attached hydrogens (tertiary/aromatic N) is 2. The van der Waals surface area contributed by atoms with Crippen molar-refractivity contribution in [3.8, 4) is 5.75 Å². The van der Waals surface area contributed by atoms with Gasteiger partial charge in [0, 0.05) is 15.3 Å². The first-order valence-corrected chi connectivity index (χ1v) is 12.7. The molecule has 2 aliphatic heterocycles. The number of amides is 1. The van der Waals surface area contributed by atoms with Crippen molar-refractivity contribution in [2.45, 2.75) is 11.3 Å². The second-order valence-electron chi connectivity index (χ2n) is 6.80. The third kappa shape index (κ3) is 4.73. The number of halogens is 3. The highest BCUT2D eigenvalue weighted by Crippen LogP contribution is 2.43. The molecule has 0 bridgehead atoms. The fraction of sp³-hybridized carbons (Fsp3) is 0.263. The van der Waals surface area contributed by atoms with E-state index in [0.717, 1.165) is 0 Å². The Morgan fingerprint density at radius 3 is 2.53 bits per heavy atom. The molecule has 2 atom stereocenters. The van der Waals surface area contributed by atoms with Crippen molar-refractivity contribution in [1.29, 1.82) is 0 Å². The van der Waals surface area contributed by atoms with E-state index in [2.05, 4.69) is 4.99 Å². The van der Waals surface area contributed by atoms with E-state index in [0.29, 0.717) is 31.7 Å². The maximum atomic E-state index is 12.5. The number of fused-ring (bicyclic) bond motifs is 1. The fourth-order valence-corrected chi connectivity index (χ4v) is 7.76. The molecule has 4 rings (SSSR count). The number of sulfone groups is 1. The minimum Gasteiger partial charge on any atom is -0.484 e. The van der Waals surface area contributed by atoms with Crippen LogP contribution in [0, 0.1) is 0 Å². The molecule has 30 heavy (non-hydrogen) atoms. The summed E-state index contributed by atoms with van der Waals surface area (Å²) in [6.45, 7) is -0.267. The lowest BCUT2D eigenvalue weighted by molar-refractivity contribution is -0.119. The Morgan fingerprint density at radius 1 is 1.10 bits per heavy atom. The highest BCUT2D eigenvalue weighted by atomic mass is 35.5. The molecule has 0 saturated carbocycles. The number of carbonyl (C=O) groups excluding carboxylic acids is 1. The van der Waals surface area contributed by atoms with Gasteiger partial charge in [0.2, 0.25) is 0 Å². The Hall–Kier alpha value is -1.45. The summed E-state index contributed by atoms with van der Waals surface area (Å²) in [7, 11) is -3.19. The zero-order chi connectivity index (χ0) is 21.5. The Labute approximate surface area is 193 Å². The maximum Gasteiger partial charge on any atom is 0.285 e. The van der Waals surface area contributed by atoms with Gasteiger partial charge in [-0.2, -0.15) is 4.99 Å². The molecular weight excluding hydrogens is 491 g/mol. The van der Waals surface area contributed by atoms with Crippen LogP contribution in [0.3, 0.4) is 0 Å². The summed E-state index contributed by atoms with van der Waals surface area (Å²) >= 11 is 19.6. The van der Waals surface area contributed by atoms with E-state index in [9.17, 15) is 13.2 Å². The molecule has 1 amide bonds. The number of thioether (sulfide) groups is 1. The molecular formula is C19H15Cl3N2O4S2. The van der Waals surface area contributed by atoms with E-state index in [4.69, 9.17) is 39.5 Å². The zero-order valence-electron chi connectivity index (χ0n) is 15.3. The molecule has 2 aliphatic rings. The number of hydrogen-bond acceptors (Lipinski definition) is 5. The highest BCUT2D eigenvalue weighted by molar-refractivity contribution is 8.16. The average Bonchev–Trinajstić information content (AvgIpc) is 3.14. The summed E-state index contributed by atoms with van der Waals surface area (Å²) in [6.07, 6.45) is 0. The second-order valence-corrected chi connectivity index (χ2v) is 11.4. The van der Waals surface area contributed by atoms with Crippen molar-refractivity contribution >= 4 is 73.2 Å². The first-order chi connectivity index (χ1) is 14.2. The Balaban J connectivity index is 1.59. The SMILES string of the molecule is O=C(COc1ccc(Cl)cc1)N=C1S[C@@H]2CS(=O)(=O)C[C@@H]2N1c1cc(Cl)ccc1Cl. The van der Waals surface area contributed by atoms with Crippen LogP contribution in [-0.4, -0.2) is 48.9 Å². The molecule has 11 heteroatoms. The van der Waals surface area contributed by atoms with Crippen LogP contribution in [0.1, 0.15) is 0 Å². The lowest BCUT2D eigenvalue weighted by Crippen LogP contribution is -2.38. The van der Waals surface area contributed by atoms with Gasteiger partial charge in [0.05, 0.1) is 28.3 Å². The van der Waals surface area contributed by atoms with Crippen LogP contribution < -0.4 is 9.64 Å². The Morgan fingerprint density at radius 2 is 1.80 bits per heavy atom. The van der Waals surface area contributed by atoms with E-state index in [-0.39, 0.29) is 29.4 Å². The van der Waals surface area contributed by atoms with Gasteiger partial charge in [-0.25, -0.2) is 8.42 Å². The van der Waals surface area contributed by atoms with Gasteiger partial charge in [0.15, 0.2) is 21.6 Å². The topological polar surface area (TPSA) is 76.0 Å². The number of amidine groups is 1. The number of carbonyl (C=O) groups is 1. The van der Waals surface area contributed by atoms with Crippen LogP contribution in [0.5, 0.6) is 5.75 Å². The number of ether oxygens (including phenoxy) is 1. The van der Waals surface area contributed by atoms with E-state index in [1.165, 1.54) is 11.8 Å². The summed E-state index contributed by atoms with van der Waals surface area (Å²) < 4.78 is 29.8.